The van der Waals surface area contributed by atoms with Crippen molar-refractivity contribution in [2.75, 3.05) is 14.2 Å². The molecule has 0 radical (unpaired) electrons. The molecule has 4 heteroatoms. The molecule has 0 aromatic heterocycles. The first-order valence-electron chi connectivity index (χ1n) is 6.78. The number of rotatable bonds is 6. The van der Waals surface area contributed by atoms with Crippen molar-refractivity contribution in [1.82, 2.24) is 0 Å². The van der Waals surface area contributed by atoms with Crippen molar-refractivity contribution < 1.29 is 19.4 Å². The molecule has 0 fully saturated rings. The van der Waals surface area contributed by atoms with E-state index in [4.69, 9.17) is 14.6 Å². The molecule has 0 heterocycles. The van der Waals surface area contributed by atoms with Gasteiger partial charge in [0.25, 0.3) is 0 Å². The highest BCUT2D eigenvalue weighted by atomic mass is 16.5. The zero-order valence-corrected chi connectivity index (χ0v) is 12.6. The van der Waals surface area contributed by atoms with Crippen LogP contribution in [0.5, 0.6) is 11.5 Å². The Labute approximate surface area is 129 Å². The molecule has 2 aromatic rings. The number of hydrogen-bond donors (Lipinski definition) is 1. The van der Waals surface area contributed by atoms with Crippen molar-refractivity contribution in [3.8, 4) is 11.5 Å². The number of carboxylic acids is 1. The lowest BCUT2D eigenvalue weighted by Crippen LogP contribution is -2.05. The maximum atomic E-state index is 11.1. The number of benzene rings is 2. The summed E-state index contributed by atoms with van der Waals surface area (Å²) in [5, 5.41) is 9.13. The Bertz CT molecular complexity index is 690. The van der Waals surface area contributed by atoms with Crippen molar-refractivity contribution in [2.24, 2.45) is 0 Å². The molecule has 0 unspecified atom stereocenters. The summed E-state index contributed by atoms with van der Waals surface area (Å²) in [6.45, 7) is 4.10. The second-order valence-corrected chi connectivity index (χ2v) is 4.78. The monoisotopic (exact) mass is 298 g/mol. The van der Waals surface area contributed by atoms with Gasteiger partial charge in [-0.15, -0.1) is 0 Å². The first-order chi connectivity index (χ1) is 10.6. The molecule has 0 aliphatic rings. The van der Waals surface area contributed by atoms with Crippen LogP contribution >= 0.6 is 0 Å². The summed E-state index contributed by atoms with van der Waals surface area (Å²) < 4.78 is 10.6. The van der Waals surface area contributed by atoms with Gasteiger partial charge in [-0.25, -0.2) is 0 Å². The Hall–Kier alpha value is -2.75. The van der Waals surface area contributed by atoms with Gasteiger partial charge in [-0.2, -0.15) is 0 Å². The molecule has 0 aliphatic heterocycles. The van der Waals surface area contributed by atoms with Crippen LogP contribution in [0.1, 0.15) is 16.7 Å². The molecule has 0 spiro atoms. The predicted molar refractivity (Wildman–Crippen MR) is 85.5 cm³/mol. The number of ether oxygens (including phenoxy) is 2. The maximum Gasteiger partial charge on any atom is 0.307 e. The third-order valence-electron chi connectivity index (χ3n) is 3.40. The van der Waals surface area contributed by atoms with E-state index in [-0.39, 0.29) is 6.42 Å². The molecule has 0 saturated heterocycles. The van der Waals surface area contributed by atoms with E-state index in [9.17, 15) is 4.79 Å². The minimum Gasteiger partial charge on any atom is -0.493 e. The molecule has 0 saturated carbocycles. The van der Waals surface area contributed by atoms with E-state index in [1.807, 2.05) is 30.3 Å². The molecule has 2 rings (SSSR count). The third kappa shape index (κ3) is 3.28. The molecule has 0 bridgehead atoms. The first kappa shape index (κ1) is 15.6. The highest BCUT2D eigenvalue weighted by Crippen LogP contribution is 2.35. The van der Waals surface area contributed by atoms with Crippen LogP contribution in [0.25, 0.3) is 5.57 Å². The van der Waals surface area contributed by atoms with Gasteiger partial charge in [0.15, 0.2) is 11.5 Å². The zero-order chi connectivity index (χ0) is 16.1. The second-order valence-electron chi connectivity index (χ2n) is 4.78. The molecule has 0 aliphatic carbocycles. The Kier molecular flexibility index (Phi) is 4.84. The van der Waals surface area contributed by atoms with Crippen molar-refractivity contribution in [1.29, 1.82) is 0 Å². The Morgan fingerprint density at radius 3 is 2.23 bits per heavy atom. The summed E-state index contributed by atoms with van der Waals surface area (Å²) in [5.74, 6) is 0.140. The van der Waals surface area contributed by atoms with Gasteiger partial charge in [0.2, 0.25) is 0 Å². The van der Waals surface area contributed by atoms with Gasteiger partial charge in [-0.3, -0.25) is 4.79 Å². The molecule has 0 atom stereocenters. The fraction of sp³-hybridized carbons (Fsp3) is 0.167. The van der Waals surface area contributed by atoms with Gasteiger partial charge in [-0.05, 0) is 34.4 Å². The summed E-state index contributed by atoms with van der Waals surface area (Å²) in [6, 6.07) is 13.1. The van der Waals surface area contributed by atoms with Crippen LogP contribution in [0.15, 0.2) is 49.0 Å². The van der Waals surface area contributed by atoms with E-state index in [0.717, 1.165) is 16.7 Å². The normalized spacial score (nSPS) is 10.1. The van der Waals surface area contributed by atoms with Gasteiger partial charge in [-0.1, -0.05) is 36.9 Å². The minimum atomic E-state index is -0.908. The first-order valence-corrected chi connectivity index (χ1v) is 6.78. The second kappa shape index (κ2) is 6.80. The van der Waals surface area contributed by atoms with Crippen LogP contribution < -0.4 is 9.47 Å². The van der Waals surface area contributed by atoms with E-state index >= 15 is 0 Å². The van der Waals surface area contributed by atoms with E-state index in [1.54, 1.807) is 19.2 Å². The van der Waals surface area contributed by atoms with Gasteiger partial charge in [0, 0.05) is 0 Å². The van der Waals surface area contributed by atoms with Crippen molar-refractivity contribution in [3.63, 3.8) is 0 Å². The number of carboxylic acid groups (broad SMARTS) is 1. The SMILES string of the molecule is C=C(c1ccccc1)c1cc(OC)c(OC)cc1CC(=O)O. The average molecular weight is 298 g/mol. The van der Waals surface area contributed by atoms with E-state index in [0.29, 0.717) is 17.1 Å². The van der Waals surface area contributed by atoms with Crippen LogP contribution in [-0.4, -0.2) is 25.3 Å². The van der Waals surface area contributed by atoms with Crippen molar-refractivity contribution in [2.45, 2.75) is 6.42 Å². The van der Waals surface area contributed by atoms with E-state index in [1.165, 1.54) is 7.11 Å². The summed E-state index contributed by atoms with van der Waals surface area (Å²) in [4.78, 5) is 11.1. The number of methoxy groups -OCH3 is 2. The van der Waals surface area contributed by atoms with Crippen LogP contribution in [0.2, 0.25) is 0 Å². The van der Waals surface area contributed by atoms with Gasteiger partial charge < -0.3 is 14.6 Å². The van der Waals surface area contributed by atoms with Crippen molar-refractivity contribution in [3.05, 3.63) is 65.7 Å². The summed E-state index contributed by atoms with van der Waals surface area (Å²) in [6.07, 6.45) is -0.110. The lowest BCUT2D eigenvalue weighted by atomic mass is 9.93. The molecular formula is C18H18O4. The molecule has 0 amide bonds. The fourth-order valence-electron chi connectivity index (χ4n) is 2.31. The Balaban J connectivity index is 2.56. The van der Waals surface area contributed by atoms with E-state index in [2.05, 4.69) is 6.58 Å². The predicted octanol–water partition coefficient (Wildman–Crippen LogP) is 3.39. The standard InChI is InChI=1S/C18H18O4/c1-12(13-7-5-4-6-8-13)15-11-17(22-3)16(21-2)9-14(15)10-18(19)20/h4-9,11H,1,10H2,2-3H3,(H,19,20). The number of carbonyl (C=O) groups is 1. The third-order valence-corrected chi connectivity index (χ3v) is 3.40. The highest BCUT2D eigenvalue weighted by Gasteiger charge is 2.16. The van der Waals surface area contributed by atoms with Crippen LogP contribution in [-0.2, 0) is 11.2 Å². The molecule has 2 aromatic carbocycles. The fourth-order valence-corrected chi connectivity index (χ4v) is 2.31. The molecular weight excluding hydrogens is 280 g/mol. The van der Waals surface area contributed by atoms with Crippen LogP contribution in [0, 0.1) is 0 Å². The van der Waals surface area contributed by atoms with E-state index < -0.39 is 5.97 Å². The van der Waals surface area contributed by atoms with Crippen LogP contribution in [0.3, 0.4) is 0 Å². The maximum absolute atomic E-state index is 11.1. The molecule has 4 nitrogen and oxygen atoms in total. The highest BCUT2D eigenvalue weighted by molar-refractivity contribution is 5.83. The van der Waals surface area contributed by atoms with Gasteiger partial charge >= 0.3 is 5.97 Å². The lowest BCUT2D eigenvalue weighted by molar-refractivity contribution is -0.136. The number of hydrogen-bond acceptors (Lipinski definition) is 3. The molecule has 22 heavy (non-hydrogen) atoms. The minimum absolute atomic E-state index is 0.110. The Morgan fingerprint density at radius 1 is 1.09 bits per heavy atom. The molecule has 114 valence electrons. The Morgan fingerprint density at radius 2 is 1.68 bits per heavy atom. The summed E-state index contributed by atoms with van der Waals surface area (Å²) in [5.41, 5.74) is 3.06. The zero-order valence-electron chi connectivity index (χ0n) is 12.6. The van der Waals surface area contributed by atoms with Crippen LogP contribution in [0.4, 0.5) is 0 Å². The quantitative estimate of drug-likeness (QED) is 0.888. The van der Waals surface area contributed by atoms with Gasteiger partial charge in [0.1, 0.15) is 0 Å². The lowest BCUT2D eigenvalue weighted by Gasteiger charge is -2.16. The van der Waals surface area contributed by atoms with Gasteiger partial charge in [0.05, 0.1) is 20.6 Å². The molecule has 1 N–H and O–H groups in total. The topological polar surface area (TPSA) is 55.8 Å². The average Bonchev–Trinajstić information content (AvgIpc) is 2.54. The largest absolute Gasteiger partial charge is 0.493 e. The number of aliphatic carboxylic acids is 1. The summed E-state index contributed by atoms with van der Waals surface area (Å²) in [7, 11) is 3.07. The van der Waals surface area contributed by atoms with Crippen molar-refractivity contribution >= 4 is 11.5 Å². The summed E-state index contributed by atoms with van der Waals surface area (Å²) >= 11 is 0. The smallest absolute Gasteiger partial charge is 0.307 e.